The van der Waals surface area contributed by atoms with E-state index in [1.165, 1.54) is 17.5 Å². The molecule has 1 atom stereocenters. The number of nitrogens with zero attached hydrogens (tertiary/aromatic N) is 2. The predicted molar refractivity (Wildman–Crippen MR) is 84.1 cm³/mol. The molecule has 0 saturated carbocycles. The molecule has 1 N–H and O–H groups in total. The number of carbonyl (C=O) groups excluding carboxylic acids is 1. The van der Waals surface area contributed by atoms with Crippen molar-refractivity contribution in [2.75, 3.05) is 32.7 Å². The number of piperazine rings is 1. The second-order valence-electron chi connectivity index (χ2n) is 6.07. The van der Waals surface area contributed by atoms with E-state index < -0.39 is 0 Å². The number of nitrogens with one attached hydrogen (secondary N) is 1. The molecule has 3 rings (SSSR count). The van der Waals surface area contributed by atoms with E-state index in [0.717, 1.165) is 45.7 Å². The maximum Gasteiger partial charge on any atom is 0.240 e. The minimum absolute atomic E-state index is 0.0439. The molecule has 0 bridgehead atoms. The zero-order chi connectivity index (χ0) is 14.7. The molecular formula is C17H25N3O. The molecular weight excluding hydrogens is 262 g/mol. The highest BCUT2D eigenvalue weighted by Gasteiger charge is 2.29. The number of hydrogen-bond acceptors (Lipinski definition) is 3. The SMILES string of the molecule is CCCN1CCN(C(=O)C2Cc3ccccc3CN2)CC1. The van der Waals surface area contributed by atoms with Gasteiger partial charge in [0.25, 0.3) is 0 Å². The van der Waals surface area contributed by atoms with Gasteiger partial charge in [-0.15, -0.1) is 0 Å². The molecule has 1 saturated heterocycles. The molecule has 4 heteroatoms. The Morgan fingerprint density at radius 3 is 2.62 bits per heavy atom. The van der Waals surface area contributed by atoms with E-state index >= 15 is 0 Å². The highest BCUT2D eigenvalue weighted by Crippen LogP contribution is 2.18. The molecule has 21 heavy (non-hydrogen) atoms. The van der Waals surface area contributed by atoms with Crippen molar-refractivity contribution < 1.29 is 4.79 Å². The van der Waals surface area contributed by atoms with Crippen molar-refractivity contribution in [3.05, 3.63) is 35.4 Å². The van der Waals surface area contributed by atoms with Crippen LogP contribution in [-0.4, -0.2) is 54.5 Å². The van der Waals surface area contributed by atoms with Crippen LogP contribution < -0.4 is 5.32 Å². The van der Waals surface area contributed by atoms with Gasteiger partial charge < -0.3 is 10.2 Å². The lowest BCUT2D eigenvalue weighted by molar-refractivity contribution is -0.135. The van der Waals surface area contributed by atoms with Gasteiger partial charge >= 0.3 is 0 Å². The molecule has 2 aliphatic heterocycles. The third-order valence-electron chi connectivity index (χ3n) is 4.60. The van der Waals surface area contributed by atoms with Crippen LogP contribution in [0.25, 0.3) is 0 Å². The van der Waals surface area contributed by atoms with Crippen LogP contribution >= 0.6 is 0 Å². The van der Waals surface area contributed by atoms with Crippen molar-refractivity contribution in [1.82, 2.24) is 15.1 Å². The summed E-state index contributed by atoms with van der Waals surface area (Å²) in [6.07, 6.45) is 2.01. The normalized spacial score (nSPS) is 22.9. The fraction of sp³-hybridized carbons (Fsp3) is 0.588. The summed E-state index contributed by atoms with van der Waals surface area (Å²) in [4.78, 5) is 17.2. The summed E-state index contributed by atoms with van der Waals surface area (Å²) in [5.41, 5.74) is 2.65. The second-order valence-corrected chi connectivity index (χ2v) is 6.07. The minimum Gasteiger partial charge on any atom is -0.339 e. The first kappa shape index (κ1) is 14.5. The van der Waals surface area contributed by atoms with Gasteiger partial charge in [-0.05, 0) is 30.5 Å². The summed E-state index contributed by atoms with van der Waals surface area (Å²) in [7, 11) is 0. The molecule has 2 aliphatic rings. The van der Waals surface area contributed by atoms with Crippen LogP contribution in [0.15, 0.2) is 24.3 Å². The Bertz CT molecular complexity index is 495. The van der Waals surface area contributed by atoms with Gasteiger partial charge in [-0.1, -0.05) is 31.2 Å². The summed E-state index contributed by atoms with van der Waals surface area (Å²) in [5.74, 6) is 0.278. The minimum atomic E-state index is -0.0439. The van der Waals surface area contributed by atoms with E-state index in [2.05, 4.69) is 41.4 Å². The number of amides is 1. The molecule has 1 aromatic rings. The van der Waals surface area contributed by atoms with Gasteiger partial charge in [0.2, 0.25) is 5.91 Å². The Kier molecular flexibility index (Phi) is 4.56. The molecule has 1 aromatic carbocycles. The Labute approximate surface area is 127 Å². The van der Waals surface area contributed by atoms with Crippen LogP contribution in [0.2, 0.25) is 0 Å². The van der Waals surface area contributed by atoms with E-state index in [1.54, 1.807) is 0 Å². The van der Waals surface area contributed by atoms with Gasteiger partial charge in [0.15, 0.2) is 0 Å². The fourth-order valence-electron chi connectivity index (χ4n) is 3.36. The average Bonchev–Trinajstić information content (AvgIpc) is 2.55. The third kappa shape index (κ3) is 3.27. The van der Waals surface area contributed by atoms with Crippen LogP contribution in [0.4, 0.5) is 0 Å². The van der Waals surface area contributed by atoms with Gasteiger partial charge in [0, 0.05) is 32.7 Å². The van der Waals surface area contributed by atoms with Crippen molar-refractivity contribution in [3.8, 4) is 0 Å². The molecule has 0 aliphatic carbocycles. The molecule has 1 amide bonds. The lowest BCUT2D eigenvalue weighted by Crippen LogP contribution is -2.55. The van der Waals surface area contributed by atoms with Crippen LogP contribution in [0.5, 0.6) is 0 Å². The van der Waals surface area contributed by atoms with Crippen molar-refractivity contribution in [1.29, 1.82) is 0 Å². The van der Waals surface area contributed by atoms with Gasteiger partial charge in [0.05, 0.1) is 6.04 Å². The first-order valence-corrected chi connectivity index (χ1v) is 8.09. The van der Waals surface area contributed by atoms with E-state index in [0.29, 0.717) is 0 Å². The molecule has 0 aromatic heterocycles. The van der Waals surface area contributed by atoms with E-state index in [9.17, 15) is 4.79 Å². The monoisotopic (exact) mass is 287 g/mol. The van der Waals surface area contributed by atoms with Gasteiger partial charge in [-0.3, -0.25) is 9.69 Å². The van der Waals surface area contributed by atoms with E-state index in [1.807, 2.05) is 4.90 Å². The van der Waals surface area contributed by atoms with Crippen molar-refractivity contribution in [2.45, 2.75) is 32.4 Å². The zero-order valence-corrected chi connectivity index (χ0v) is 12.8. The number of hydrogen-bond donors (Lipinski definition) is 1. The molecule has 114 valence electrons. The Morgan fingerprint density at radius 1 is 1.19 bits per heavy atom. The number of carbonyl (C=O) groups is 1. The number of benzene rings is 1. The largest absolute Gasteiger partial charge is 0.339 e. The molecule has 1 fully saturated rings. The highest BCUT2D eigenvalue weighted by atomic mass is 16.2. The van der Waals surface area contributed by atoms with Gasteiger partial charge in [-0.2, -0.15) is 0 Å². The molecule has 0 spiro atoms. The molecule has 4 nitrogen and oxygen atoms in total. The smallest absolute Gasteiger partial charge is 0.240 e. The van der Waals surface area contributed by atoms with Gasteiger partial charge in [-0.25, -0.2) is 0 Å². The first-order valence-electron chi connectivity index (χ1n) is 8.09. The van der Waals surface area contributed by atoms with Crippen molar-refractivity contribution in [3.63, 3.8) is 0 Å². The van der Waals surface area contributed by atoms with Crippen LogP contribution in [-0.2, 0) is 17.8 Å². The highest BCUT2D eigenvalue weighted by molar-refractivity contribution is 5.82. The zero-order valence-electron chi connectivity index (χ0n) is 12.8. The molecule has 1 unspecified atom stereocenters. The maximum atomic E-state index is 12.7. The second kappa shape index (κ2) is 6.58. The van der Waals surface area contributed by atoms with Crippen LogP contribution in [0.1, 0.15) is 24.5 Å². The van der Waals surface area contributed by atoms with Crippen molar-refractivity contribution >= 4 is 5.91 Å². The first-order chi connectivity index (χ1) is 10.3. The number of fused-ring (bicyclic) bond motifs is 1. The summed E-state index contributed by atoms with van der Waals surface area (Å²) < 4.78 is 0. The molecule has 0 radical (unpaired) electrons. The topological polar surface area (TPSA) is 35.6 Å². The maximum absolute atomic E-state index is 12.7. The lowest BCUT2D eigenvalue weighted by Gasteiger charge is -2.37. The Balaban J connectivity index is 1.57. The Hall–Kier alpha value is -1.39. The summed E-state index contributed by atoms with van der Waals surface area (Å²) in [6.45, 7) is 7.95. The van der Waals surface area contributed by atoms with Crippen LogP contribution in [0.3, 0.4) is 0 Å². The Morgan fingerprint density at radius 2 is 1.90 bits per heavy atom. The summed E-state index contributed by atoms with van der Waals surface area (Å²) >= 11 is 0. The summed E-state index contributed by atoms with van der Waals surface area (Å²) in [6, 6.07) is 8.38. The van der Waals surface area contributed by atoms with E-state index in [4.69, 9.17) is 0 Å². The standard InChI is InChI=1S/C17H25N3O/c1-2-7-19-8-10-20(11-9-19)17(21)16-12-14-5-3-4-6-15(14)13-18-16/h3-6,16,18H,2,7-13H2,1H3. The molecule has 2 heterocycles. The van der Waals surface area contributed by atoms with Crippen molar-refractivity contribution in [2.24, 2.45) is 0 Å². The third-order valence-corrected chi connectivity index (χ3v) is 4.60. The quantitative estimate of drug-likeness (QED) is 0.909. The summed E-state index contributed by atoms with van der Waals surface area (Å²) in [5, 5.41) is 3.40. The predicted octanol–water partition coefficient (Wildman–Crippen LogP) is 1.26. The van der Waals surface area contributed by atoms with Crippen LogP contribution in [0, 0.1) is 0 Å². The lowest BCUT2D eigenvalue weighted by atomic mass is 9.95. The average molecular weight is 287 g/mol. The number of rotatable bonds is 3. The fourth-order valence-corrected chi connectivity index (χ4v) is 3.36. The van der Waals surface area contributed by atoms with E-state index in [-0.39, 0.29) is 11.9 Å². The van der Waals surface area contributed by atoms with Gasteiger partial charge in [0.1, 0.15) is 0 Å².